The third-order valence-corrected chi connectivity index (χ3v) is 5.08. The van der Waals surface area contributed by atoms with E-state index in [0.29, 0.717) is 12.0 Å². The molecule has 4 nitrogen and oxygen atoms in total. The Bertz CT molecular complexity index is 1030. The standard InChI is InChI=1S/C23H24N2O2/c1-4-7-20(26)18-13-24-22-17(11-10-16-12-15(3)27-23(16)22)21(18)25-19-9-6-5-8-14(19)2/h5-6,8-11,13,15H,4,7,12H2,1-3H3,(H,24,25). The van der Waals surface area contributed by atoms with Crippen molar-refractivity contribution in [2.45, 2.75) is 46.1 Å². The summed E-state index contributed by atoms with van der Waals surface area (Å²) in [5, 5.41) is 4.43. The molecule has 4 heteroatoms. The second-order valence-electron chi connectivity index (χ2n) is 7.24. The lowest BCUT2D eigenvalue weighted by Crippen LogP contribution is -2.07. The van der Waals surface area contributed by atoms with Gasteiger partial charge in [-0.1, -0.05) is 37.3 Å². The van der Waals surface area contributed by atoms with Crippen LogP contribution in [0.4, 0.5) is 11.4 Å². The third-order valence-electron chi connectivity index (χ3n) is 5.08. The Hall–Kier alpha value is -2.88. The molecule has 0 aliphatic carbocycles. The molecule has 1 unspecified atom stereocenters. The highest BCUT2D eigenvalue weighted by Gasteiger charge is 2.25. The number of carbonyl (C=O) groups is 1. The molecule has 138 valence electrons. The van der Waals surface area contributed by atoms with Crippen molar-refractivity contribution in [1.29, 1.82) is 0 Å². The number of anilines is 2. The van der Waals surface area contributed by atoms with E-state index in [2.05, 4.69) is 42.3 Å². The molecule has 1 atom stereocenters. The molecule has 1 aromatic heterocycles. The SMILES string of the molecule is CCCC(=O)c1cnc2c3c(ccc2c1Nc1ccccc1C)CC(C)O3. The topological polar surface area (TPSA) is 51.2 Å². The summed E-state index contributed by atoms with van der Waals surface area (Å²) in [7, 11) is 0. The first kappa shape index (κ1) is 17.5. The number of fused-ring (bicyclic) bond motifs is 3. The highest BCUT2D eigenvalue weighted by Crippen LogP contribution is 2.40. The summed E-state index contributed by atoms with van der Waals surface area (Å²) < 4.78 is 6.02. The maximum absolute atomic E-state index is 12.8. The number of benzene rings is 2. The predicted octanol–water partition coefficient (Wildman–Crippen LogP) is 5.59. The van der Waals surface area contributed by atoms with Gasteiger partial charge in [-0.15, -0.1) is 0 Å². The van der Waals surface area contributed by atoms with Crippen molar-refractivity contribution in [1.82, 2.24) is 4.98 Å². The molecule has 1 N–H and O–H groups in total. The average Bonchev–Trinajstić information content (AvgIpc) is 3.04. The van der Waals surface area contributed by atoms with Crippen molar-refractivity contribution < 1.29 is 9.53 Å². The average molecular weight is 360 g/mol. The van der Waals surface area contributed by atoms with E-state index in [4.69, 9.17) is 4.74 Å². The van der Waals surface area contributed by atoms with Crippen LogP contribution < -0.4 is 10.1 Å². The number of hydrogen-bond acceptors (Lipinski definition) is 4. The number of Topliss-reactive ketones (excluding diaryl/α,β-unsaturated/α-hetero) is 1. The lowest BCUT2D eigenvalue weighted by atomic mass is 10.0. The summed E-state index contributed by atoms with van der Waals surface area (Å²) in [4.78, 5) is 17.4. The number of hydrogen-bond donors (Lipinski definition) is 1. The van der Waals surface area contributed by atoms with Gasteiger partial charge >= 0.3 is 0 Å². The monoisotopic (exact) mass is 360 g/mol. The molecule has 0 saturated heterocycles. The van der Waals surface area contributed by atoms with Gasteiger partial charge in [-0.25, -0.2) is 0 Å². The number of para-hydroxylation sites is 1. The first-order valence-electron chi connectivity index (χ1n) is 9.55. The highest BCUT2D eigenvalue weighted by molar-refractivity contribution is 6.10. The van der Waals surface area contributed by atoms with E-state index in [9.17, 15) is 4.79 Å². The minimum atomic E-state index is 0.109. The summed E-state index contributed by atoms with van der Waals surface area (Å²) in [5.41, 5.74) is 5.57. The second-order valence-corrected chi connectivity index (χ2v) is 7.24. The first-order valence-corrected chi connectivity index (χ1v) is 9.55. The second kappa shape index (κ2) is 7.03. The Kier molecular flexibility index (Phi) is 4.56. The first-order chi connectivity index (χ1) is 13.1. The summed E-state index contributed by atoms with van der Waals surface area (Å²) in [5.74, 6) is 0.958. The van der Waals surface area contributed by atoms with E-state index < -0.39 is 0 Å². The molecular weight excluding hydrogens is 336 g/mol. The number of ether oxygens (including phenoxy) is 1. The van der Waals surface area contributed by atoms with Gasteiger partial charge in [0.15, 0.2) is 5.78 Å². The van der Waals surface area contributed by atoms with Gasteiger partial charge in [0.05, 0.1) is 11.3 Å². The van der Waals surface area contributed by atoms with Crippen LogP contribution in [0.1, 0.15) is 48.2 Å². The molecule has 0 saturated carbocycles. The van der Waals surface area contributed by atoms with Crippen molar-refractivity contribution in [2.75, 3.05) is 5.32 Å². The van der Waals surface area contributed by atoms with Gasteiger partial charge in [0, 0.05) is 35.7 Å². The van der Waals surface area contributed by atoms with E-state index in [1.807, 2.05) is 25.1 Å². The predicted molar refractivity (Wildman–Crippen MR) is 109 cm³/mol. The van der Waals surface area contributed by atoms with Crippen molar-refractivity contribution in [3.8, 4) is 5.75 Å². The number of nitrogens with one attached hydrogen (secondary N) is 1. The van der Waals surface area contributed by atoms with Gasteiger partial charge in [-0.05, 0) is 31.9 Å². The molecular formula is C23H24N2O2. The maximum atomic E-state index is 12.8. The van der Waals surface area contributed by atoms with Gasteiger partial charge in [0.2, 0.25) is 0 Å². The Morgan fingerprint density at radius 1 is 1.26 bits per heavy atom. The zero-order chi connectivity index (χ0) is 19.0. The van der Waals surface area contributed by atoms with Gasteiger partial charge in [-0.3, -0.25) is 9.78 Å². The number of carbonyl (C=O) groups excluding carboxylic acids is 1. The van der Waals surface area contributed by atoms with Gasteiger partial charge in [0.25, 0.3) is 0 Å². The molecule has 0 spiro atoms. The highest BCUT2D eigenvalue weighted by atomic mass is 16.5. The number of pyridine rings is 1. The summed E-state index contributed by atoms with van der Waals surface area (Å²) in [6, 6.07) is 12.3. The summed E-state index contributed by atoms with van der Waals surface area (Å²) in [6.07, 6.45) is 4.07. The molecule has 2 aromatic carbocycles. The Morgan fingerprint density at radius 3 is 2.85 bits per heavy atom. The van der Waals surface area contributed by atoms with Crippen LogP contribution in [0.25, 0.3) is 10.9 Å². The van der Waals surface area contributed by atoms with E-state index >= 15 is 0 Å². The van der Waals surface area contributed by atoms with Gasteiger partial charge < -0.3 is 10.1 Å². The number of ketones is 1. The van der Waals surface area contributed by atoms with Crippen molar-refractivity contribution in [3.63, 3.8) is 0 Å². The molecule has 0 amide bonds. The van der Waals surface area contributed by atoms with Crippen LogP contribution in [0.2, 0.25) is 0 Å². The normalized spacial score (nSPS) is 15.4. The minimum Gasteiger partial charge on any atom is -0.488 e. The Morgan fingerprint density at radius 2 is 2.07 bits per heavy atom. The van der Waals surface area contributed by atoms with Crippen LogP contribution in [0.15, 0.2) is 42.6 Å². The van der Waals surface area contributed by atoms with E-state index in [0.717, 1.165) is 46.4 Å². The summed E-state index contributed by atoms with van der Waals surface area (Å²) in [6.45, 7) is 6.14. The van der Waals surface area contributed by atoms with Crippen LogP contribution in [0, 0.1) is 6.92 Å². The molecule has 0 fully saturated rings. The smallest absolute Gasteiger partial charge is 0.166 e. The van der Waals surface area contributed by atoms with Crippen molar-refractivity contribution in [2.24, 2.45) is 0 Å². The molecule has 0 radical (unpaired) electrons. The lowest BCUT2D eigenvalue weighted by molar-refractivity contribution is 0.0982. The minimum absolute atomic E-state index is 0.109. The molecule has 2 heterocycles. The van der Waals surface area contributed by atoms with E-state index in [-0.39, 0.29) is 11.9 Å². The summed E-state index contributed by atoms with van der Waals surface area (Å²) >= 11 is 0. The van der Waals surface area contributed by atoms with Crippen LogP contribution in [-0.4, -0.2) is 16.9 Å². The van der Waals surface area contributed by atoms with Crippen LogP contribution >= 0.6 is 0 Å². The zero-order valence-electron chi connectivity index (χ0n) is 16.0. The molecule has 3 aromatic rings. The number of aromatic nitrogens is 1. The van der Waals surface area contributed by atoms with Crippen LogP contribution in [0.5, 0.6) is 5.75 Å². The van der Waals surface area contributed by atoms with E-state index in [1.165, 1.54) is 5.56 Å². The maximum Gasteiger partial charge on any atom is 0.166 e. The quantitative estimate of drug-likeness (QED) is 0.602. The molecule has 0 bridgehead atoms. The van der Waals surface area contributed by atoms with Gasteiger partial charge in [-0.2, -0.15) is 0 Å². The van der Waals surface area contributed by atoms with Crippen LogP contribution in [-0.2, 0) is 6.42 Å². The fraction of sp³-hybridized carbons (Fsp3) is 0.304. The number of rotatable bonds is 5. The fourth-order valence-electron chi connectivity index (χ4n) is 3.68. The van der Waals surface area contributed by atoms with Crippen molar-refractivity contribution >= 4 is 28.1 Å². The molecule has 1 aliphatic rings. The number of nitrogens with zero attached hydrogens (tertiary/aromatic N) is 1. The van der Waals surface area contributed by atoms with Gasteiger partial charge in [0.1, 0.15) is 17.4 Å². The number of aryl methyl sites for hydroxylation is 1. The largest absolute Gasteiger partial charge is 0.488 e. The third kappa shape index (κ3) is 3.16. The molecule has 1 aliphatic heterocycles. The fourth-order valence-corrected chi connectivity index (χ4v) is 3.68. The Labute approximate surface area is 159 Å². The van der Waals surface area contributed by atoms with Crippen LogP contribution in [0.3, 0.4) is 0 Å². The van der Waals surface area contributed by atoms with Crippen molar-refractivity contribution in [3.05, 3.63) is 59.3 Å². The molecule has 4 rings (SSSR count). The Balaban J connectivity index is 1.91. The zero-order valence-corrected chi connectivity index (χ0v) is 16.0. The van der Waals surface area contributed by atoms with E-state index in [1.54, 1.807) is 6.20 Å². The molecule has 27 heavy (non-hydrogen) atoms. The lowest BCUT2D eigenvalue weighted by Gasteiger charge is -2.17.